The Bertz CT molecular complexity index is 898. The summed E-state index contributed by atoms with van der Waals surface area (Å²) in [4.78, 5) is 25.6. The second kappa shape index (κ2) is 8.89. The molecule has 3 rings (SSSR count). The molecule has 1 aromatic carbocycles. The van der Waals surface area contributed by atoms with Gasteiger partial charge in [0.2, 0.25) is 5.69 Å². The Balaban J connectivity index is 1.61. The topological polar surface area (TPSA) is 137 Å². The molecule has 4 N–H and O–H groups in total. The van der Waals surface area contributed by atoms with E-state index in [0.29, 0.717) is 28.9 Å². The minimum absolute atomic E-state index is 0.0355. The summed E-state index contributed by atoms with van der Waals surface area (Å²) >= 11 is 0. The smallest absolute Gasteiger partial charge is 0.254 e. The van der Waals surface area contributed by atoms with Gasteiger partial charge < -0.3 is 30.7 Å². The summed E-state index contributed by atoms with van der Waals surface area (Å²) in [6.45, 7) is 0.776. The first-order chi connectivity index (χ1) is 13.9. The number of aliphatic hydroxyl groups is 2. The molecule has 9 heteroatoms. The number of para-hydroxylation sites is 1. The number of hydrogen-bond donors (Lipinski definition) is 4. The third-order valence-corrected chi connectivity index (χ3v) is 4.89. The number of rotatable bonds is 6. The Morgan fingerprint density at radius 2 is 1.79 bits per heavy atom. The van der Waals surface area contributed by atoms with Crippen molar-refractivity contribution in [3.05, 3.63) is 53.5 Å². The van der Waals surface area contributed by atoms with Crippen LogP contribution in [0.15, 0.2) is 42.6 Å². The second-order valence-electron chi connectivity index (χ2n) is 6.89. The Morgan fingerprint density at radius 1 is 1.10 bits per heavy atom. The van der Waals surface area contributed by atoms with E-state index in [4.69, 9.17) is 0 Å². The van der Waals surface area contributed by atoms with Gasteiger partial charge in [-0.1, -0.05) is 18.2 Å². The summed E-state index contributed by atoms with van der Waals surface area (Å²) in [5.74, 6) is -1.60. The Morgan fingerprint density at radius 3 is 2.45 bits per heavy atom. The number of hydrogen-bond acceptors (Lipinski definition) is 6. The lowest BCUT2D eigenvalue weighted by molar-refractivity contribution is -0.613. The van der Waals surface area contributed by atoms with E-state index in [0.717, 1.165) is 12.8 Å². The van der Waals surface area contributed by atoms with Crippen molar-refractivity contribution in [2.24, 2.45) is 0 Å². The number of likely N-dealkylation sites (tertiary alicyclic amines) is 1. The fourth-order valence-electron chi connectivity index (χ4n) is 3.21. The van der Waals surface area contributed by atoms with Crippen molar-refractivity contribution in [1.29, 1.82) is 0 Å². The Labute approximate surface area is 167 Å². The maximum atomic E-state index is 12.2. The van der Waals surface area contributed by atoms with Gasteiger partial charge in [-0.2, -0.15) is 4.73 Å². The molecule has 0 saturated carbocycles. The summed E-state index contributed by atoms with van der Waals surface area (Å²) < 4.78 is 0.542. The SMILES string of the molecule is O=C(NCc1ccc(-c2ccccc2O)c[n+]1[O-])[C@H](O)[C@@H](O)C(=O)N1CCCC1. The van der Waals surface area contributed by atoms with Crippen LogP contribution in [0.2, 0.25) is 0 Å². The fraction of sp³-hybridized carbons (Fsp3) is 0.350. The van der Waals surface area contributed by atoms with Gasteiger partial charge in [0.05, 0.1) is 5.56 Å². The number of aromatic nitrogens is 1. The lowest BCUT2D eigenvalue weighted by Gasteiger charge is -2.22. The number of carbonyl (C=O) groups excluding carboxylic acids is 2. The van der Waals surface area contributed by atoms with Crippen LogP contribution in [0, 0.1) is 5.21 Å². The van der Waals surface area contributed by atoms with Crippen LogP contribution in [-0.2, 0) is 16.1 Å². The first-order valence-corrected chi connectivity index (χ1v) is 9.31. The van der Waals surface area contributed by atoms with Crippen molar-refractivity contribution in [2.45, 2.75) is 31.6 Å². The average molecular weight is 401 g/mol. The van der Waals surface area contributed by atoms with Gasteiger partial charge in [-0.15, -0.1) is 0 Å². The van der Waals surface area contributed by atoms with Crippen LogP contribution in [0.1, 0.15) is 18.5 Å². The second-order valence-corrected chi connectivity index (χ2v) is 6.89. The van der Waals surface area contributed by atoms with Crippen molar-refractivity contribution in [1.82, 2.24) is 10.2 Å². The number of pyridine rings is 1. The van der Waals surface area contributed by atoms with Gasteiger partial charge in [0, 0.05) is 24.7 Å². The minimum Gasteiger partial charge on any atom is -0.618 e. The highest BCUT2D eigenvalue weighted by atomic mass is 16.5. The first kappa shape index (κ1) is 20.6. The highest BCUT2D eigenvalue weighted by Gasteiger charge is 2.34. The monoisotopic (exact) mass is 401 g/mol. The van der Waals surface area contributed by atoms with Gasteiger partial charge >= 0.3 is 0 Å². The molecular formula is C20H23N3O6. The normalized spacial score (nSPS) is 15.7. The maximum Gasteiger partial charge on any atom is 0.254 e. The number of benzene rings is 1. The van der Waals surface area contributed by atoms with Crippen molar-refractivity contribution >= 4 is 11.8 Å². The third kappa shape index (κ3) is 4.64. The molecule has 9 nitrogen and oxygen atoms in total. The predicted molar refractivity (Wildman–Crippen MR) is 102 cm³/mol. The van der Waals surface area contributed by atoms with E-state index >= 15 is 0 Å². The highest BCUT2D eigenvalue weighted by molar-refractivity contribution is 5.90. The number of aliphatic hydroxyl groups excluding tert-OH is 2. The molecular weight excluding hydrogens is 378 g/mol. The molecule has 2 atom stereocenters. The summed E-state index contributed by atoms with van der Waals surface area (Å²) in [6.07, 6.45) is -0.875. The minimum atomic E-state index is -1.93. The van der Waals surface area contributed by atoms with Crippen molar-refractivity contribution in [3.63, 3.8) is 0 Å². The number of phenolic OH excluding ortho intramolecular Hbond substituents is 1. The van der Waals surface area contributed by atoms with Crippen molar-refractivity contribution < 1.29 is 29.6 Å². The molecule has 154 valence electrons. The summed E-state index contributed by atoms with van der Waals surface area (Å²) in [5, 5.41) is 44.4. The zero-order valence-electron chi connectivity index (χ0n) is 15.7. The highest BCUT2D eigenvalue weighted by Crippen LogP contribution is 2.27. The molecule has 0 unspecified atom stereocenters. The number of phenols is 1. The van der Waals surface area contributed by atoms with E-state index in [-0.39, 0.29) is 18.0 Å². The van der Waals surface area contributed by atoms with Crippen molar-refractivity contribution in [3.8, 4) is 16.9 Å². The van der Waals surface area contributed by atoms with Crippen LogP contribution in [-0.4, -0.2) is 57.3 Å². The fourth-order valence-corrected chi connectivity index (χ4v) is 3.21. The molecule has 2 aromatic rings. The van der Waals surface area contributed by atoms with Gasteiger partial charge in [-0.25, -0.2) is 0 Å². The van der Waals surface area contributed by atoms with Gasteiger partial charge in [0.1, 0.15) is 12.3 Å². The lowest BCUT2D eigenvalue weighted by Crippen LogP contribution is -2.50. The molecule has 0 bridgehead atoms. The van der Waals surface area contributed by atoms with Crippen LogP contribution in [0.3, 0.4) is 0 Å². The molecule has 1 aliphatic heterocycles. The molecule has 1 aromatic heterocycles. The largest absolute Gasteiger partial charge is 0.618 e. The van der Waals surface area contributed by atoms with Gasteiger partial charge in [0.15, 0.2) is 18.4 Å². The molecule has 29 heavy (non-hydrogen) atoms. The Hall–Kier alpha value is -3.17. The number of nitrogens with one attached hydrogen (secondary N) is 1. The molecule has 1 aliphatic rings. The lowest BCUT2D eigenvalue weighted by atomic mass is 10.1. The maximum absolute atomic E-state index is 12.2. The summed E-state index contributed by atoms with van der Waals surface area (Å²) in [5.41, 5.74) is 1.18. The number of carbonyl (C=O) groups is 2. The number of amides is 2. The van der Waals surface area contributed by atoms with Crippen LogP contribution >= 0.6 is 0 Å². The molecule has 2 heterocycles. The van der Waals surface area contributed by atoms with E-state index < -0.39 is 24.0 Å². The van der Waals surface area contributed by atoms with Crippen LogP contribution < -0.4 is 10.0 Å². The molecule has 1 saturated heterocycles. The number of nitrogens with zero attached hydrogens (tertiary/aromatic N) is 2. The van der Waals surface area contributed by atoms with E-state index in [9.17, 15) is 30.1 Å². The molecule has 2 amide bonds. The van der Waals surface area contributed by atoms with E-state index in [1.54, 1.807) is 24.3 Å². The van der Waals surface area contributed by atoms with Crippen molar-refractivity contribution in [2.75, 3.05) is 13.1 Å². The molecule has 0 spiro atoms. The van der Waals surface area contributed by atoms with E-state index in [1.807, 2.05) is 0 Å². The van der Waals surface area contributed by atoms with E-state index in [1.165, 1.54) is 23.2 Å². The average Bonchev–Trinajstić information content (AvgIpc) is 3.26. The quantitative estimate of drug-likeness (QED) is 0.386. The predicted octanol–water partition coefficient (Wildman–Crippen LogP) is -0.347. The van der Waals surface area contributed by atoms with Gasteiger partial charge in [-0.05, 0) is 25.0 Å². The molecule has 1 fully saturated rings. The zero-order valence-corrected chi connectivity index (χ0v) is 15.7. The number of aromatic hydroxyl groups is 1. The standard InChI is InChI=1S/C20H23N3O6/c24-16-6-2-1-5-15(16)13-7-8-14(23(29)12-13)11-21-19(27)17(25)18(26)20(28)22-9-3-4-10-22/h1-2,5-8,12,17-18,24-26H,3-4,9-11H2,(H,21,27)/t17-,18-/m1/s1. The Kier molecular flexibility index (Phi) is 6.30. The van der Waals surface area contributed by atoms with Crippen LogP contribution in [0.25, 0.3) is 11.1 Å². The molecule has 0 radical (unpaired) electrons. The van der Waals surface area contributed by atoms with Crippen LogP contribution in [0.4, 0.5) is 0 Å². The zero-order chi connectivity index (χ0) is 21.0. The van der Waals surface area contributed by atoms with E-state index in [2.05, 4.69) is 5.32 Å². The van der Waals surface area contributed by atoms with Gasteiger partial charge in [-0.3, -0.25) is 9.59 Å². The van der Waals surface area contributed by atoms with Gasteiger partial charge in [0.25, 0.3) is 11.8 Å². The summed E-state index contributed by atoms with van der Waals surface area (Å²) in [7, 11) is 0. The van der Waals surface area contributed by atoms with Crippen LogP contribution in [0.5, 0.6) is 5.75 Å². The summed E-state index contributed by atoms with van der Waals surface area (Å²) in [6, 6.07) is 9.67. The molecule has 0 aliphatic carbocycles. The third-order valence-electron chi connectivity index (χ3n) is 4.89. The first-order valence-electron chi connectivity index (χ1n) is 9.31.